The summed E-state index contributed by atoms with van der Waals surface area (Å²) in [4.78, 5) is 24.8. The van der Waals surface area contributed by atoms with E-state index in [9.17, 15) is 9.59 Å². The van der Waals surface area contributed by atoms with Gasteiger partial charge >= 0.3 is 11.9 Å². The molecular weight excluding hydrogens is 378 g/mol. The molecule has 30 heavy (non-hydrogen) atoms. The molecule has 0 saturated carbocycles. The Balaban J connectivity index is 2.23. The zero-order valence-electron chi connectivity index (χ0n) is 18.0. The van der Waals surface area contributed by atoms with Gasteiger partial charge < -0.3 is 15.2 Å². The number of unbranched alkanes of at least 4 members (excludes halogenated alkanes) is 1. The summed E-state index contributed by atoms with van der Waals surface area (Å²) in [7, 11) is 0. The van der Waals surface area contributed by atoms with Gasteiger partial charge in [-0.15, -0.1) is 0 Å². The highest BCUT2D eigenvalue weighted by atomic mass is 16.5. The van der Waals surface area contributed by atoms with Gasteiger partial charge in [-0.3, -0.25) is 9.59 Å². The predicted molar refractivity (Wildman–Crippen MR) is 119 cm³/mol. The Morgan fingerprint density at radius 2 is 1.60 bits per heavy atom. The summed E-state index contributed by atoms with van der Waals surface area (Å²) in [5.41, 5.74) is 9.07. The van der Waals surface area contributed by atoms with Crippen LogP contribution >= 0.6 is 0 Å². The second kappa shape index (κ2) is 12.8. The van der Waals surface area contributed by atoms with Crippen LogP contribution in [0.2, 0.25) is 0 Å². The second-order valence-corrected chi connectivity index (χ2v) is 7.33. The van der Waals surface area contributed by atoms with Crippen molar-refractivity contribution in [3.63, 3.8) is 0 Å². The van der Waals surface area contributed by atoms with Gasteiger partial charge in [0.25, 0.3) is 0 Å². The maximum Gasteiger partial charge on any atom is 0.313 e. The van der Waals surface area contributed by atoms with Crippen molar-refractivity contribution in [1.29, 1.82) is 0 Å². The Hall–Kier alpha value is -2.66. The first-order valence-electron chi connectivity index (χ1n) is 10.8. The van der Waals surface area contributed by atoms with Gasteiger partial charge in [-0.2, -0.15) is 0 Å². The minimum atomic E-state index is -0.508. The fourth-order valence-electron chi connectivity index (χ4n) is 3.48. The third-order valence-corrected chi connectivity index (χ3v) is 5.17. The van der Waals surface area contributed by atoms with E-state index in [1.165, 1.54) is 0 Å². The molecule has 2 aromatic carbocycles. The highest BCUT2D eigenvalue weighted by Gasteiger charge is 2.31. The summed E-state index contributed by atoms with van der Waals surface area (Å²) in [6.45, 7) is 4.85. The van der Waals surface area contributed by atoms with Crippen LogP contribution in [-0.2, 0) is 19.1 Å². The Morgan fingerprint density at radius 1 is 0.933 bits per heavy atom. The minimum Gasteiger partial charge on any atom is -0.466 e. The van der Waals surface area contributed by atoms with Crippen LogP contribution in [0.5, 0.6) is 0 Å². The third kappa shape index (κ3) is 6.99. The number of hydrogen-bond acceptors (Lipinski definition) is 5. The van der Waals surface area contributed by atoms with Gasteiger partial charge in [-0.1, -0.05) is 67.9 Å². The van der Waals surface area contributed by atoms with Gasteiger partial charge in [0, 0.05) is 6.42 Å². The number of rotatable bonds is 12. The summed E-state index contributed by atoms with van der Waals surface area (Å²) in [6, 6.07) is 18.0. The Bertz CT molecular complexity index is 773. The van der Waals surface area contributed by atoms with Crippen LogP contribution in [-0.4, -0.2) is 31.7 Å². The number of carbonyl (C=O) groups excluding carboxylic acids is 2. The SMILES string of the molecule is CCCCOC(=O)[C@H](c1ccc(-c2ccccc2)cc1)C(CN)CCC(=O)OCC. The van der Waals surface area contributed by atoms with Gasteiger partial charge in [-0.25, -0.2) is 0 Å². The monoisotopic (exact) mass is 411 g/mol. The number of esters is 2. The molecule has 0 saturated heterocycles. The molecule has 5 nitrogen and oxygen atoms in total. The number of nitrogens with two attached hydrogens (primary N) is 1. The Kier molecular flexibility index (Phi) is 10.1. The molecule has 0 spiro atoms. The zero-order chi connectivity index (χ0) is 21.8. The van der Waals surface area contributed by atoms with Crippen LogP contribution in [0.25, 0.3) is 11.1 Å². The molecule has 2 aromatic rings. The summed E-state index contributed by atoms with van der Waals surface area (Å²) >= 11 is 0. The summed E-state index contributed by atoms with van der Waals surface area (Å²) in [5.74, 6) is -1.26. The van der Waals surface area contributed by atoms with Crippen molar-refractivity contribution in [2.75, 3.05) is 19.8 Å². The fourth-order valence-corrected chi connectivity index (χ4v) is 3.48. The lowest BCUT2D eigenvalue weighted by Gasteiger charge is -2.25. The van der Waals surface area contributed by atoms with Crippen LogP contribution in [0.3, 0.4) is 0 Å². The highest BCUT2D eigenvalue weighted by molar-refractivity contribution is 5.79. The minimum absolute atomic E-state index is 0.203. The van der Waals surface area contributed by atoms with Gasteiger partial charge in [0.15, 0.2) is 0 Å². The molecule has 0 radical (unpaired) electrons. The highest BCUT2D eigenvalue weighted by Crippen LogP contribution is 2.31. The van der Waals surface area contributed by atoms with Crippen LogP contribution in [0.1, 0.15) is 51.0 Å². The van der Waals surface area contributed by atoms with E-state index in [4.69, 9.17) is 15.2 Å². The second-order valence-electron chi connectivity index (χ2n) is 7.33. The van der Waals surface area contributed by atoms with Crippen molar-refractivity contribution in [1.82, 2.24) is 0 Å². The van der Waals surface area contributed by atoms with Crippen molar-refractivity contribution in [2.24, 2.45) is 11.7 Å². The largest absolute Gasteiger partial charge is 0.466 e. The van der Waals surface area contributed by atoms with E-state index in [0.717, 1.165) is 29.5 Å². The van der Waals surface area contributed by atoms with Crippen molar-refractivity contribution >= 4 is 11.9 Å². The Morgan fingerprint density at radius 3 is 2.20 bits per heavy atom. The quantitative estimate of drug-likeness (QED) is 0.405. The number of carbonyl (C=O) groups is 2. The molecule has 0 amide bonds. The standard InChI is InChI=1S/C25H33NO4/c1-3-5-17-30-25(28)24(22(18-26)15-16-23(27)29-4-2)21-13-11-20(12-14-21)19-9-7-6-8-10-19/h6-14,22,24H,3-5,15-18,26H2,1-2H3/t22?,24-/m1/s1. The van der Waals surface area contributed by atoms with E-state index in [2.05, 4.69) is 6.92 Å². The van der Waals surface area contributed by atoms with Crippen molar-refractivity contribution in [2.45, 2.75) is 45.4 Å². The van der Waals surface area contributed by atoms with E-state index < -0.39 is 5.92 Å². The number of hydrogen-bond donors (Lipinski definition) is 1. The predicted octanol–water partition coefficient (Wildman–Crippen LogP) is 4.70. The van der Waals surface area contributed by atoms with Crippen LogP contribution in [0.15, 0.2) is 54.6 Å². The summed E-state index contributed by atoms with van der Waals surface area (Å²) < 4.78 is 10.6. The first-order chi connectivity index (χ1) is 14.6. The van der Waals surface area contributed by atoms with Crippen molar-refractivity contribution in [3.05, 3.63) is 60.2 Å². The molecule has 2 atom stereocenters. The lowest BCUT2D eigenvalue weighted by molar-refractivity contribution is -0.148. The average molecular weight is 412 g/mol. The molecule has 5 heteroatoms. The van der Waals surface area contributed by atoms with E-state index >= 15 is 0 Å². The lowest BCUT2D eigenvalue weighted by atomic mass is 9.82. The molecule has 1 unspecified atom stereocenters. The summed E-state index contributed by atoms with van der Waals surface area (Å²) in [5, 5.41) is 0. The first kappa shape index (κ1) is 23.6. The maximum absolute atomic E-state index is 13.0. The molecule has 0 bridgehead atoms. The normalized spacial score (nSPS) is 12.8. The molecular formula is C25H33NO4. The average Bonchev–Trinajstić information content (AvgIpc) is 2.77. The van der Waals surface area contributed by atoms with Gasteiger partial charge in [0.1, 0.15) is 0 Å². The van der Waals surface area contributed by atoms with Gasteiger partial charge in [0.2, 0.25) is 0 Å². The number of benzene rings is 2. The fraction of sp³-hybridized carbons (Fsp3) is 0.440. The molecule has 0 heterocycles. The van der Waals surface area contributed by atoms with E-state index in [1.54, 1.807) is 6.92 Å². The van der Waals surface area contributed by atoms with Gasteiger partial charge in [-0.05, 0) is 48.9 Å². The number of ether oxygens (including phenoxy) is 2. The zero-order valence-corrected chi connectivity index (χ0v) is 18.0. The van der Waals surface area contributed by atoms with Crippen molar-refractivity contribution in [3.8, 4) is 11.1 Å². The van der Waals surface area contributed by atoms with Crippen LogP contribution in [0, 0.1) is 5.92 Å². The molecule has 2 rings (SSSR count). The molecule has 0 aliphatic rings. The van der Waals surface area contributed by atoms with Gasteiger partial charge in [0.05, 0.1) is 19.1 Å². The van der Waals surface area contributed by atoms with E-state index in [1.807, 2.05) is 54.6 Å². The smallest absolute Gasteiger partial charge is 0.313 e. The topological polar surface area (TPSA) is 78.6 Å². The third-order valence-electron chi connectivity index (χ3n) is 5.17. The molecule has 162 valence electrons. The summed E-state index contributed by atoms with van der Waals surface area (Å²) in [6.07, 6.45) is 2.48. The van der Waals surface area contributed by atoms with Crippen LogP contribution < -0.4 is 5.73 Å². The molecule has 0 aliphatic heterocycles. The van der Waals surface area contributed by atoms with E-state index in [0.29, 0.717) is 19.6 Å². The molecule has 0 fully saturated rings. The van der Waals surface area contributed by atoms with E-state index in [-0.39, 0.29) is 30.8 Å². The van der Waals surface area contributed by atoms with Crippen LogP contribution in [0.4, 0.5) is 0 Å². The first-order valence-corrected chi connectivity index (χ1v) is 10.8. The molecule has 0 aromatic heterocycles. The molecule has 0 aliphatic carbocycles. The molecule has 2 N–H and O–H groups in total. The lowest BCUT2D eigenvalue weighted by Crippen LogP contribution is -2.30. The Labute approximate surface area is 179 Å². The maximum atomic E-state index is 13.0. The van der Waals surface area contributed by atoms with Crippen molar-refractivity contribution < 1.29 is 19.1 Å².